The van der Waals surface area contributed by atoms with E-state index in [1.54, 1.807) is 17.0 Å². The number of ether oxygens (including phenoxy) is 1. The Morgan fingerprint density at radius 2 is 1.83 bits per heavy atom. The maximum atomic E-state index is 14.8. The summed E-state index contributed by atoms with van der Waals surface area (Å²) in [6.45, 7) is 4.56. The summed E-state index contributed by atoms with van der Waals surface area (Å²) in [6.07, 6.45) is -1.10. The van der Waals surface area contributed by atoms with Gasteiger partial charge < -0.3 is 19.9 Å². The summed E-state index contributed by atoms with van der Waals surface area (Å²) >= 11 is 0. The Balaban J connectivity index is 1.61. The molecule has 0 radical (unpaired) electrons. The summed E-state index contributed by atoms with van der Waals surface area (Å²) in [5.74, 6) is -1.14. The van der Waals surface area contributed by atoms with E-state index in [1.807, 2.05) is 0 Å². The molecule has 0 spiro atoms. The topological polar surface area (TPSA) is 111 Å². The third-order valence-corrected chi connectivity index (χ3v) is 4.89. The Labute approximate surface area is 172 Å². The van der Waals surface area contributed by atoms with Crippen LogP contribution in [-0.2, 0) is 14.3 Å². The first-order valence-electron chi connectivity index (χ1n) is 9.58. The Kier molecular flexibility index (Phi) is 6.38. The molecule has 3 rings (SSSR count). The van der Waals surface area contributed by atoms with E-state index in [0.717, 1.165) is 0 Å². The van der Waals surface area contributed by atoms with Gasteiger partial charge in [0.15, 0.2) is 0 Å². The van der Waals surface area contributed by atoms with Crippen molar-refractivity contribution in [3.8, 4) is 0 Å². The Morgan fingerprint density at radius 3 is 2.43 bits per heavy atom. The number of urea groups is 1. The number of hydrogen-bond acceptors (Lipinski definition) is 6. The highest BCUT2D eigenvalue weighted by atomic mass is 19.1. The Morgan fingerprint density at radius 1 is 1.13 bits per heavy atom. The van der Waals surface area contributed by atoms with E-state index in [9.17, 15) is 23.6 Å². The van der Waals surface area contributed by atoms with Crippen LogP contribution in [-0.4, -0.2) is 74.2 Å². The van der Waals surface area contributed by atoms with E-state index >= 15 is 0 Å². The number of amides is 5. The van der Waals surface area contributed by atoms with Gasteiger partial charge in [-0.05, 0) is 18.2 Å². The fourth-order valence-electron chi connectivity index (χ4n) is 3.40. The Hall–Kier alpha value is -3.37. The average molecular weight is 421 g/mol. The molecule has 0 aliphatic carbocycles. The molecule has 0 aromatic heterocycles. The second-order valence-electron chi connectivity index (χ2n) is 7.15. The summed E-state index contributed by atoms with van der Waals surface area (Å²) in [5, 5.41) is 4.81. The van der Waals surface area contributed by atoms with E-state index in [4.69, 9.17) is 4.74 Å². The standard InChI is InChI=1S/C19H24FN5O5/c1-12(26)21-10-15-11-25(19(29)30-15)14-3-4-17(16(20)9-14)23-5-7-24(8-6-23)18(28)22-13(2)27/h3-4,9,15H,5-8,10-11H2,1-2H3,(H,21,26)(H,22,27,28)/t15-/m0/s1. The van der Waals surface area contributed by atoms with E-state index < -0.39 is 30.0 Å². The highest BCUT2D eigenvalue weighted by Gasteiger charge is 2.33. The molecule has 30 heavy (non-hydrogen) atoms. The zero-order valence-corrected chi connectivity index (χ0v) is 16.8. The third-order valence-electron chi connectivity index (χ3n) is 4.89. The number of halogens is 1. The fraction of sp³-hybridized carbons (Fsp3) is 0.474. The molecule has 11 heteroatoms. The summed E-state index contributed by atoms with van der Waals surface area (Å²) < 4.78 is 20.0. The number of carbonyl (C=O) groups is 4. The van der Waals surface area contributed by atoms with Crippen molar-refractivity contribution in [2.24, 2.45) is 0 Å². The van der Waals surface area contributed by atoms with Gasteiger partial charge >= 0.3 is 12.1 Å². The van der Waals surface area contributed by atoms with E-state index in [1.165, 1.54) is 29.7 Å². The van der Waals surface area contributed by atoms with Crippen molar-refractivity contribution in [2.75, 3.05) is 49.1 Å². The SMILES string of the molecule is CC(=O)NC[C@H]1CN(c2ccc(N3CCN(C(=O)NC(C)=O)CC3)c(F)c2)C(=O)O1. The summed E-state index contributed by atoms with van der Waals surface area (Å²) in [7, 11) is 0. The summed E-state index contributed by atoms with van der Waals surface area (Å²) in [6, 6.07) is 4.03. The summed E-state index contributed by atoms with van der Waals surface area (Å²) in [4.78, 5) is 50.6. The van der Waals surface area contributed by atoms with Gasteiger partial charge in [-0.2, -0.15) is 0 Å². The molecule has 2 saturated heterocycles. The van der Waals surface area contributed by atoms with Gasteiger partial charge in [0.25, 0.3) is 0 Å². The van der Waals surface area contributed by atoms with Gasteiger partial charge in [0.05, 0.1) is 24.5 Å². The number of cyclic esters (lactones) is 1. The van der Waals surface area contributed by atoms with Crippen molar-refractivity contribution in [2.45, 2.75) is 20.0 Å². The van der Waals surface area contributed by atoms with Gasteiger partial charge in [-0.25, -0.2) is 14.0 Å². The van der Waals surface area contributed by atoms with E-state index in [2.05, 4.69) is 10.6 Å². The number of imide groups is 1. The number of carbonyl (C=O) groups excluding carboxylic acids is 4. The minimum absolute atomic E-state index is 0.194. The summed E-state index contributed by atoms with van der Waals surface area (Å²) in [5.41, 5.74) is 0.735. The zero-order chi connectivity index (χ0) is 21.8. The number of hydrogen-bond donors (Lipinski definition) is 2. The lowest BCUT2D eigenvalue weighted by atomic mass is 10.2. The smallest absolute Gasteiger partial charge is 0.414 e. The second kappa shape index (κ2) is 8.97. The highest BCUT2D eigenvalue weighted by molar-refractivity contribution is 5.93. The van der Waals surface area contributed by atoms with E-state index in [0.29, 0.717) is 37.6 Å². The van der Waals surface area contributed by atoms with Crippen LogP contribution in [0.25, 0.3) is 0 Å². The molecule has 2 aliphatic heterocycles. The second-order valence-corrected chi connectivity index (χ2v) is 7.15. The van der Waals surface area contributed by atoms with Crippen molar-refractivity contribution < 1.29 is 28.3 Å². The first-order chi connectivity index (χ1) is 14.2. The van der Waals surface area contributed by atoms with Crippen molar-refractivity contribution in [1.82, 2.24) is 15.5 Å². The molecule has 10 nitrogen and oxygen atoms in total. The minimum Gasteiger partial charge on any atom is -0.442 e. The van der Waals surface area contributed by atoms with Crippen molar-refractivity contribution in [1.29, 1.82) is 0 Å². The number of benzene rings is 1. The lowest BCUT2D eigenvalue weighted by molar-refractivity contribution is -0.119. The van der Waals surface area contributed by atoms with Gasteiger partial charge in [-0.1, -0.05) is 0 Å². The maximum absolute atomic E-state index is 14.8. The van der Waals surface area contributed by atoms with Gasteiger partial charge in [-0.15, -0.1) is 0 Å². The van der Waals surface area contributed by atoms with Gasteiger partial charge in [0.2, 0.25) is 11.8 Å². The molecule has 1 atom stereocenters. The van der Waals surface area contributed by atoms with Crippen molar-refractivity contribution in [3.05, 3.63) is 24.0 Å². The lowest BCUT2D eigenvalue weighted by Crippen LogP contribution is -2.52. The first kappa shape index (κ1) is 21.3. The molecule has 2 aliphatic rings. The number of anilines is 2. The third kappa shape index (κ3) is 4.97. The van der Waals surface area contributed by atoms with Crippen LogP contribution in [0.15, 0.2) is 18.2 Å². The van der Waals surface area contributed by atoms with Gasteiger partial charge in [0, 0.05) is 40.0 Å². The number of nitrogens with zero attached hydrogens (tertiary/aromatic N) is 3. The van der Waals surface area contributed by atoms with Crippen LogP contribution in [0.5, 0.6) is 0 Å². The predicted molar refractivity (Wildman–Crippen MR) is 106 cm³/mol. The van der Waals surface area contributed by atoms with Gasteiger partial charge in [-0.3, -0.25) is 19.8 Å². The van der Waals surface area contributed by atoms with Crippen LogP contribution in [0.1, 0.15) is 13.8 Å². The fourth-order valence-corrected chi connectivity index (χ4v) is 3.40. The molecule has 2 heterocycles. The highest BCUT2D eigenvalue weighted by Crippen LogP contribution is 2.28. The molecule has 1 aromatic rings. The van der Waals surface area contributed by atoms with Crippen LogP contribution in [0.2, 0.25) is 0 Å². The average Bonchev–Trinajstić information content (AvgIpc) is 3.06. The number of nitrogens with one attached hydrogen (secondary N) is 2. The monoisotopic (exact) mass is 421 g/mol. The molecule has 2 fully saturated rings. The van der Waals surface area contributed by atoms with E-state index in [-0.39, 0.29) is 19.0 Å². The predicted octanol–water partition coefficient (Wildman–Crippen LogP) is 0.665. The number of rotatable bonds is 4. The van der Waals surface area contributed by atoms with Crippen LogP contribution < -0.4 is 20.4 Å². The molecular formula is C19H24FN5O5. The molecule has 2 N–H and O–H groups in total. The molecule has 5 amide bonds. The van der Waals surface area contributed by atoms with Crippen LogP contribution >= 0.6 is 0 Å². The first-order valence-corrected chi connectivity index (χ1v) is 9.58. The van der Waals surface area contributed by atoms with Crippen LogP contribution in [0, 0.1) is 5.82 Å². The molecule has 0 unspecified atom stereocenters. The minimum atomic E-state index is -0.595. The zero-order valence-electron chi connectivity index (χ0n) is 16.8. The molecule has 0 bridgehead atoms. The molecular weight excluding hydrogens is 397 g/mol. The van der Waals surface area contributed by atoms with Crippen LogP contribution in [0.3, 0.4) is 0 Å². The Bertz CT molecular complexity index is 856. The lowest BCUT2D eigenvalue weighted by Gasteiger charge is -2.36. The normalized spacial score (nSPS) is 18.8. The number of piperazine rings is 1. The molecule has 1 aromatic carbocycles. The van der Waals surface area contributed by atoms with Crippen molar-refractivity contribution >= 4 is 35.3 Å². The largest absolute Gasteiger partial charge is 0.442 e. The maximum Gasteiger partial charge on any atom is 0.414 e. The molecule has 162 valence electrons. The van der Waals surface area contributed by atoms with Crippen molar-refractivity contribution in [3.63, 3.8) is 0 Å². The molecule has 0 saturated carbocycles. The van der Waals surface area contributed by atoms with Crippen LogP contribution in [0.4, 0.5) is 25.4 Å². The van der Waals surface area contributed by atoms with Gasteiger partial charge in [0.1, 0.15) is 11.9 Å². The quantitative estimate of drug-likeness (QED) is 0.739.